The van der Waals surface area contributed by atoms with Gasteiger partial charge in [-0.1, -0.05) is 33.1 Å². The highest BCUT2D eigenvalue weighted by Gasteiger charge is 2.42. The van der Waals surface area contributed by atoms with E-state index in [1.807, 2.05) is 0 Å². The highest BCUT2D eigenvalue weighted by molar-refractivity contribution is 8.00. The van der Waals surface area contributed by atoms with E-state index in [1.54, 1.807) is 0 Å². The maximum absolute atomic E-state index is 12.4. The molecule has 0 radical (unpaired) electrons. The molecule has 0 aromatic heterocycles. The minimum atomic E-state index is -4.11. The van der Waals surface area contributed by atoms with Crippen molar-refractivity contribution in [3.8, 4) is 0 Å². The monoisotopic (exact) mass is 324 g/mol. The Kier molecular flexibility index (Phi) is 5.88. The van der Waals surface area contributed by atoms with Gasteiger partial charge in [-0.05, 0) is 30.5 Å². The van der Waals surface area contributed by atoms with Gasteiger partial charge < -0.3 is 5.32 Å². The van der Waals surface area contributed by atoms with Crippen LogP contribution >= 0.6 is 11.8 Å². The summed E-state index contributed by atoms with van der Waals surface area (Å²) in [6, 6.07) is 0.397. The molecule has 1 saturated carbocycles. The van der Waals surface area contributed by atoms with Gasteiger partial charge in [-0.15, -0.1) is 0 Å². The number of piperazine rings is 1. The van der Waals surface area contributed by atoms with Crippen LogP contribution < -0.4 is 5.32 Å². The summed E-state index contributed by atoms with van der Waals surface area (Å²) >= 11 is 0.122. The van der Waals surface area contributed by atoms with Crippen LogP contribution in [0.2, 0.25) is 0 Å². The molecule has 2 aliphatic rings. The molecule has 0 amide bonds. The molecule has 1 saturated heterocycles. The second kappa shape index (κ2) is 7.09. The molecule has 2 fully saturated rings. The summed E-state index contributed by atoms with van der Waals surface area (Å²) in [5, 5.41) is 3.65. The number of rotatable bonds is 4. The van der Waals surface area contributed by atoms with E-state index in [0.717, 1.165) is 25.9 Å². The Morgan fingerprint density at radius 3 is 2.48 bits per heavy atom. The molecule has 1 heterocycles. The second-order valence-electron chi connectivity index (χ2n) is 6.76. The maximum Gasteiger partial charge on any atom is 0.441 e. The third-order valence-electron chi connectivity index (χ3n) is 5.00. The van der Waals surface area contributed by atoms with Gasteiger partial charge in [-0.25, -0.2) is 0 Å². The fourth-order valence-electron chi connectivity index (χ4n) is 3.68. The van der Waals surface area contributed by atoms with Crippen molar-refractivity contribution >= 4 is 11.8 Å². The minimum Gasteiger partial charge on any atom is -0.311 e. The van der Waals surface area contributed by atoms with Crippen molar-refractivity contribution in [2.24, 2.45) is 5.92 Å². The zero-order valence-electron chi connectivity index (χ0n) is 13.0. The Labute approximate surface area is 130 Å². The first-order valence-electron chi connectivity index (χ1n) is 8.01. The van der Waals surface area contributed by atoms with Gasteiger partial charge in [0.2, 0.25) is 0 Å². The Balaban J connectivity index is 1.98. The molecule has 1 aliphatic heterocycles. The summed E-state index contributed by atoms with van der Waals surface area (Å²) in [4.78, 5) is 2.37. The van der Waals surface area contributed by atoms with Crippen molar-refractivity contribution in [3.05, 3.63) is 0 Å². The molecule has 0 aromatic rings. The second-order valence-corrected chi connectivity index (χ2v) is 7.92. The predicted molar refractivity (Wildman–Crippen MR) is 82.5 cm³/mol. The van der Waals surface area contributed by atoms with Crippen molar-refractivity contribution in [1.82, 2.24) is 10.2 Å². The smallest absolute Gasteiger partial charge is 0.311 e. The summed E-state index contributed by atoms with van der Waals surface area (Å²) in [6.45, 7) is 6.73. The molecule has 2 rings (SSSR count). The van der Waals surface area contributed by atoms with E-state index in [-0.39, 0.29) is 23.1 Å². The molecule has 1 unspecified atom stereocenters. The first kappa shape index (κ1) is 17.4. The van der Waals surface area contributed by atoms with Gasteiger partial charge in [0.1, 0.15) is 0 Å². The van der Waals surface area contributed by atoms with E-state index in [2.05, 4.69) is 24.1 Å². The van der Waals surface area contributed by atoms with Crippen molar-refractivity contribution in [1.29, 1.82) is 0 Å². The molecule has 6 heteroatoms. The average molecular weight is 324 g/mol. The third kappa shape index (κ3) is 4.76. The standard InChI is InChI=1S/C15H27F3N2S/c1-12(2)13-10-20(8-9-21-15(16,17)18)14(11-19-13)6-4-3-5-7-14/h12-13,19H,3-11H2,1-2H3. The van der Waals surface area contributed by atoms with Gasteiger partial charge in [-0.2, -0.15) is 13.2 Å². The fraction of sp³-hybridized carbons (Fsp3) is 1.00. The highest BCUT2D eigenvalue weighted by atomic mass is 32.2. The Bertz CT molecular complexity index is 327. The lowest BCUT2D eigenvalue weighted by Crippen LogP contribution is -2.66. The van der Waals surface area contributed by atoms with Crippen LogP contribution in [-0.2, 0) is 0 Å². The largest absolute Gasteiger partial charge is 0.441 e. The topological polar surface area (TPSA) is 15.3 Å². The highest BCUT2D eigenvalue weighted by Crippen LogP contribution is 2.37. The number of halogens is 3. The van der Waals surface area contributed by atoms with Crippen LogP contribution in [0.5, 0.6) is 0 Å². The van der Waals surface area contributed by atoms with Gasteiger partial charge >= 0.3 is 5.51 Å². The number of alkyl halides is 3. The van der Waals surface area contributed by atoms with E-state index in [0.29, 0.717) is 18.5 Å². The van der Waals surface area contributed by atoms with Crippen LogP contribution in [0.4, 0.5) is 13.2 Å². The summed E-state index contributed by atoms with van der Waals surface area (Å²) in [7, 11) is 0. The maximum atomic E-state index is 12.4. The molecule has 124 valence electrons. The minimum absolute atomic E-state index is 0.107. The lowest BCUT2D eigenvalue weighted by molar-refractivity contribution is -0.0336. The summed E-state index contributed by atoms with van der Waals surface area (Å²) < 4.78 is 37.1. The molecule has 0 aromatic carbocycles. The molecule has 2 nitrogen and oxygen atoms in total. The molecule has 0 bridgehead atoms. The predicted octanol–water partition coefficient (Wildman–Crippen LogP) is 3.87. The van der Waals surface area contributed by atoms with Crippen LogP contribution in [0.25, 0.3) is 0 Å². The SMILES string of the molecule is CC(C)C1CN(CCSC(F)(F)F)C2(CCCCC2)CN1. The lowest BCUT2D eigenvalue weighted by Gasteiger charge is -2.53. The van der Waals surface area contributed by atoms with Crippen LogP contribution in [0, 0.1) is 5.92 Å². The Morgan fingerprint density at radius 1 is 1.24 bits per heavy atom. The average Bonchev–Trinajstić information content (AvgIpc) is 2.40. The zero-order chi connectivity index (χ0) is 15.5. The summed E-state index contributed by atoms with van der Waals surface area (Å²) in [6.07, 6.45) is 5.93. The van der Waals surface area contributed by atoms with Gasteiger partial charge in [0.25, 0.3) is 0 Å². The van der Waals surface area contributed by atoms with Gasteiger partial charge in [0, 0.05) is 37.0 Å². The number of hydrogen-bond donors (Lipinski definition) is 1. The Hall–Kier alpha value is 0.0600. The third-order valence-corrected chi connectivity index (χ3v) is 5.71. The summed E-state index contributed by atoms with van der Waals surface area (Å²) in [5.41, 5.74) is -4.00. The van der Waals surface area contributed by atoms with Gasteiger partial charge in [0.05, 0.1) is 0 Å². The van der Waals surface area contributed by atoms with Gasteiger partial charge in [0.15, 0.2) is 0 Å². The van der Waals surface area contributed by atoms with Crippen LogP contribution in [0.1, 0.15) is 46.0 Å². The van der Waals surface area contributed by atoms with Crippen LogP contribution in [0.15, 0.2) is 0 Å². The molecular weight excluding hydrogens is 297 g/mol. The number of nitrogens with zero attached hydrogens (tertiary/aromatic N) is 1. The Morgan fingerprint density at radius 2 is 1.90 bits per heavy atom. The van der Waals surface area contributed by atoms with Crippen molar-refractivity contribution in [3.63, 3.8) is 0 Å². The quantitative estimate of drug-likeness (QED) is 0.845. The van der Waals surface area contributed by atoms with Crippen molar-refractivity contribution < 1.29 is 13.2 Å². The first-order valence-corrected chi connectivity index (χ1v) is 9.00. The molecule has 1 N–H and O–H groups in total. The molecular formula is C15H27F3N2S. The zero-order valence-corrected chi connectivity index (χ0v) is 13.8. The lowest BCUT2D eigenvalue weighted by atomic mass is 9.77. The van der Waals surface area contributed by atoms with E-state index in [4.69, 9.17) is 0 Å². The van der Waals surface area contributed by atoms with E-state index in [9.17, 15) is 13.2 Å². The number of thioether (sulfide) groups is 1. The van der Waals surface area contributed by atoms with E-state index >= 15 is 0 Å². The first-order chi connectivity index (χ1) is 9.82. The van der Waals surface area contributed by atoms with Crippen LogP contribution in [-0.4, -0.2) is 47.4 Å². The van der Waals surface area contributed by atoms with Crippen LogP contribution in [0.3, 0.4) is 0 Å². The molecule has 1 atom stereocenters. The van der Waals surface area contributed by atoms with E-state index < -0.39 is 5.51 Å². The normalized spacial score (nSPS) is 27.4. The fourth-order valence-corrected chi connectivity index (χ4v) is 4.22. The number of hydrogen-bond acceptors (Lipinski definition) is 3. The van der Waals surface area contributed by atoms with Gasteiger partial charge in [-0.3, -0.25) is 4.90 Å². The van der Waals surface area contributed by atoms with Crippen molar-refractivity contribution in [2.45, 2.75) is 63.0 Å². The van der Waals surface area contributed by atoms with E-state index in [1.165, 1.54) is 19.3 Å². The van der Waals surface area contributed by atoms with Crippen molar-refractivity contribution in [2.75, 3.05) is 25.4 Å². The molecule has 21 heavy (non-hydrogen) atoms. The summed E-state index contributed by atoms with van der Waals surface area (Å²) in [5.74, 6) is 0.666. The molecule has 1 spiro atoms. The number of nitrogens with one attached hydrogen (secondary N) is 1. The molecule has 1 aliphatic carbocycles.